The molecule has 122 valence electrons. The molecule has 7 heteroatoms. The van der Waals surface area contributed by atoms with Crippen LogP contribution < -0.4 is 5.32 Å². The predicted molar refractivity (Wildman–Crippen MR) is 103 cm³/mol. The second-order valence-corrected chi connectivity index (χ2v) is 9.23. The molecule has 1 saturated heterocycles. The summed E-state index contributed by atoms with van der Waals surface area (Å²) in [7, 11) is 0. The predicted octanol–water partition coefficient (Wildman–Crippen LogP) is 4.48. The van der Waals surface area contributed by atoms with Gasteiger partial charge < -0.3 is 5.32 Å². The Kier molecular flexibility index (Phi) is 5.91. The normalized spacial score (nSPS) is 17.9. The van der Waals surface area contributed by atoms with Crippen molar-refractivity contribution < 1.29 is 4.79 Å². The molecule has 2 heterocycles. The van der Waals surface area contributed by atoms with Crippen molar-refractivity contribution in [3.63, 3.8) is 0 Å². The fourth-order valence-corrected chi connectivity index (χ4v) is 5.89. The van der Waals surface area contributed by atoms with Crippen LogP contribution in [0.2, 0.25) is 5.02 Å². The Morgan fingerprint density at radius 2 is 2.30 bits per heavy atom. The molecule has 0 bridgehead atoms. The summed E-state index contributed by atoms with van der Waals surface area (Å²) in [4.78, 5) is 17.7. The van der Waals surface area contributed by atoms with Crippen LogP contribution in [0.5, 0.6) is 0 Å². The zero-order valence-corrected chi connectivity index (χ0v) is 15.9. The maximum atomic E-state index is 12.2. The SMILES string of the molecule is Cc1cccc(Cc2cnc(NC(=O)C3CSCCS3)s2)c1Cl. The van der Waals surface area contributed by atoms with E-state index in [1.165, 1.54) is 11.3 Å². The monoisotopic (exact) mass is 384 g/mol. The highest BCUT2D eigenvalue weighted by atomic mass is 35.5. The van der Waals surface area contributed by atoms with Crippen molar-refractivity contribution in [3.05, 3.63) is 45.4 Å². The number of aryl methyl sites for hydroxylation is 1. The van der Waals surface area contributed by atoms with E-state index >= 15 is 0 Å². The topological polar surface area (TPSA) is 42.0 Å². The van der Waals surface area contributed by atoms with Crippen molar-refractivity contribution in [2.75, 3.05) is 22.6 Å². The molecule has 1 fully saturated rings. The Morgan fingerprint density at radius 3 is 3.09 bits per heavy atom. The molecule has 0 aliphatic carbocycles. The summed E-state index contributed by atoms with van der Waals surface area (Å²) in [5, 5.41) is 4.46. The molecule has 1 aliphatic rings. The Labute approximate surface area is 153 Å². The van der Waals surface area contributed by atoms with Gasteiger partial charge in [-0.2, -0.15) is 11.8 Å². The quantitative estimate of drug-likeness (QED) is 0.843. The van der Waals surface area contributed by atoms with E-state index in [2.05, 4.69) is 10.3 Å². The molecule has 1 amide bonds. The average Bonchev–Trinajstić information content (AvgIpc) is 3.00. The molecule has 2 aromatic rings. The lowest BCUT2D eigenvalue weighted by Gasteiger charge is -2.19. The average molecular weight is 385 g/mol. The molecular weight excluding hydrogens is 368 g/mol. The van der Waals surface area contributed by atoms with Crippen LogP contribution in [0.3, 0.4) is 0 Å². The van der Waals surface area contributed by atoms with Gasteiger partial charge in [-0.25, -0.2) is 4.98 Å². The highest BCUT2D eigenvalue weighted by molar-refractivity contribution is 8.07. The molecular formula is C16H17ClN2OS3. The van der Waals surface area contributed by atoms with Crippen LogP contribution in [0.4, 0.5) is 5.13 Å². The first kappa shape index (κ1) is 17.1. The summed E-state index contributed by atoms with van der Waals surface area (Å²) in [6.07, 6.45) is 2.56. The van der Waals surface area contributed by atoms with Gasteiger partial charge >= 0.3 is 0 Å². The van der Waals surface area contributed by atoms with Gasteiger partial charge in [0.25, 0.3) is 0 Å². The van der Waals surface area contributed by atoms with Gasteiger partial charge in [0.1, 0.15) is 0 Å². The van der Waals surface area contributed by atoms with E-state index in [0.717, 1.165) is 44.7 Å². The molecule has 3 nitrogen and oxygen atoms in total. The number of carbonyl (C=O) groups is 1. The van der Waals surface area contributed by atoms with Crippen LogP contribution in [-0.4, -0.2) is 33.4 Å². The third-order valence-corrected chi connectivity index (χ3v) is 7.74. The van der Waals surface area contributed by atoms with Crippen molar-refractivity contribution in [1.82, 2.24) is 4.98 Å². The number of carbonyl (C=O) groups excluding carboxylic acids is 1. The van der Waals surface area contributed by atoms with Gasteiger partial charge in [0.15, 0.2) is 5.13 Å². The van der Waals surface area contributed by atoms with Crippen LogP contribution in [0.25, 0.3) is 0 Å². The number of halogens is 1. The van der Waals surface area contributed by atoms with E-state index in [-0.39, 0.29) is 11.2 Å². The third kappa shape index (κ3) is 4.44. The van der Waals surface area contributed by atoms with E-state index in [4.69, 9.17) is 11.6 Å². The molecule has 0 spiro atoms. The number of anilines is 1. The highest BCUT2D eigenvalue weighted by Gasteiger charge is 2.23. The minimum atomic E-state index is 0.0346. The van der Waals surface area contributed by atoms with Crippen molar-refractivity contribution in [3.8, 4) is 0 Å². The minimum Gasteiger partial charge on any atom is -0.301 e. The molecule has 0 saturated carbocycles. The van der Waals surface area contributed by atoms with Crippen molar-refractivity contribution in [2.24, 2.45) is 0 Å². The maximum absolute atomic E-state index is 12.2. The number of nitrogens with zero attached hydrogens (tertiary/aromatic N) is 1. The number of aromatic nitrogens is 1. The van der Waals surface area contributed by atoms with Crippen LogP contribution >= 0.6 is 46.5 Å². The van der Waals surface area contributed by atoms with Gasteiger partial charge in [0, 0.05) is 39.8 Å². The van der Waals surface area contributed by atoms with E-state index in [0.29, 0.717) is 5.13 Å². The number of nitrogens with one attached hydrogen (secondary N) is 1. The summed E-state index contributed by atoms with van der Waals surface area (Å²) in [5.74, 6) is 3.12. The van der Waals surface area contributed by atoms with E-state index in [9.17, 15) is 4.79 Å². The summed E-state index contributed by atoms with van der Waals surface area (Å²) >= 11 is 11.4. The second kappa shape index (κ2) is 7.92. The van der Waals surface area contributed by atoms with Gasteiger partial charge in [-0.05, 0) is 18.1 Å². The molecule has 1 aliphatic heterocycles. The first-order chi connectivity index (χ1) is 11.1. The first-order valence-electron chi connectivity index (χ1n) is 7.32. The van der Waals surface area contributed by atoms with Crippen LogP contribution in [-0.2, 0) is 11.2 Å². The van der Waals surface area contributed by atoms with Crippen molar-refractivity contribution in [2.45, 2.75) is 18.6 Å². The number of thiazole rings is 1. The molecule has 23 heavy (non-hydrogen) atoms. The number of rotatable bonds is 4. The largest absolute Gasteiger partial charge is 0.301 e. The lowest BCUT2D eigenvalue weighted by atomic mass is 10.1. The Balaban J connectivity index is 1.63. The van der Waals surface area contributed by atoms with Crippen molar-refractivity contribution >= 4 is 57.5 Å². The molecule has 1 unspecified atom stereocenters. The summed E-state index contributed by atoms with van der Waals surface area (Å²) in [6.45, 7) is 2.00. The standard InChI is InChI=1S/C16H17ClN2OS3/c1-10-3-2-4-11(14(10)17)7-12-8-18-16(23-12)19-15(20)13-9-21-5-6-22-13/h2-4,8,13H,5-7,9H2,1H3,(H,18,19,20). The Morgan fingerprint density at radius 1 is 1.43 bits per heavy atom. The summed E-state index contributed by atoms with van der Waals surface area (Å²) in [6, 6.07) is 6.05. The van der Waals surface area contributed by atoms with E-state index < -0.39 is 0 Å². The minimum absolute atomic E-state index is 0.0346. The maximum Gasteiger partial charge on any atom is 0.240 e. The highest BCUT2D eigenvalue weighted by Crippen LogP contribution is 2.28. The number of hydrogen-bond donors (Lipinski definition) is 1. The zero-order valence-electron chi connectivity index (χ0n) is 12.7. The molecule has 1 atom stereocenters. The third-order valence-electron chi connectivity index (χ3n) is 3.53. The molecule has 1 aromatic carbocycles. The fraction of sp³-hybridized carbons (Fsp3) is 0.375. The first-order valence-corrected chi connectivity index (χ1v) is 10.7. The lowest BCUT2D eigenvalue weighted by molar-refractivity contribution is -0.115. The molecule has 1 N–H and O–H groups in total. The van der Waals surface area contributed by atoms with Gasteiger partial charge in [-0.3, -0.25) is 4.79 Å². The summed E-state index contributed by atoms with van der Waals surface area (Å²) in [5.41, 5.74) is 2.17. The van der Waals surface area contributed by atoms with Crippen LogP contribution in [0, 0.1) is 6.92 Å². The zero-order chi connectivity index (χ0) is 16.2. The van der Waals surface area contributed by atoms with Crippen LogP contribution in [0.1, 0.15) is 16.0 Å². The van der Waals surface area contributed by atoms with Gasteiger partial charge in [-0.15, -0.1) is 23.1 Å². The van der Waals surface area contributed by atoms with Gasteiger partial charge in [-0.1, -0.05) is 29.8 Å². The Bertz CT molecular complexity index is 698. The fourth-order valence-electron chi connectivity index (χ4n) is 2.30. The van der Waals surface area contributed by atoms with Crippen LogP contribution in [0.15, 0.2) is 24.4 Å². The van der Waals surface area contributed by atoms with Gasteiger partial charge in [0.2, 0.25) is 5.91 Å². The van der Waals surface area contributed by atoms with E-state index in [1.807, 2.05) is 43.1 Å². The number of thioether (sulfide) groups is 2. The molecule has 1 aromatic heterocycles. The smallest absolute Gasteiger partial charge is 0.240 e. The number of amides is 1. The number of benzene rings is 1. The molecule has 3 rings (SSSR count). The van der Waals surface area contributed by atoms with E-state index in [1.54, 1.807) is 11.8 Å². The number of hydrogen-bond acceptors (Lipinski definition) is 5. The molecule has 0 radical (unpaired) electrons. The summed E-state index contributed by atoms with van der Waals surface area (Å²) < 4.78 is 0. The second-order valence-electron chi connectivity index (χ2n) is 5.28. The lowest BCUT2D eigenvalue weighted by Crippen LogP contribution is -2.29. The Hall–Kier alpha value is -0.690. The van der Waals surface area contributed by atoms with Crippen molar-refractivity contribution in [1.29, 1.82) is 0 Å². The van der Waals surface area contributed by atoms with Gasteiger partial charge in [0.05, 0.1) is 5.25 Å².